The van der Waals surface area contributed by atoms with Crippen LogP contribution in [0.5, 0.6) is 0 Å². The summed E-state index contributed by atoms with van der Waals surface area (Å²) in [4.78, 5) is 26.5. The Kier molecular flexibility index (Phi) is 4.16. The summed E-state index contributed by atoms with van der Waals surface area (Å²) in [6.07, 6.45) is 1.28. The van der Waals surface area contributed by atoms with Gasteiger partial charge in [-0.15, -0.1) is 0 Å². The highest BCUT2D eigenvalue weighted by molar-refractivity contribution is 5.94. The standard InChI is InChI=1S/C15H14F2N2O2/c1-8-6-13(20)10(7-18-8)15(21)19-9(2)14-11(16)4-3-5-12(14)17/h3-7,9H,1-2H3,(H,18,20)(H,19,21). The maximum atomic E-state index is 13.6. The van der Waals surface area contributed by atoms with Crippen LogP contribution in [0, 0.1) is 18.6 Å². The van der Waals surface area contributed by atoms with Crippen LogP contribution in [0.2, 0.25) is 0 Å². The highest BCUT2D eigenvalue weighted by Gasteiger charge is 2.19. The lowest BCUT2D eigenvalue weighted by Crippen LogP contribution is -2.31. The molecule has 2 rings (SSSR count). The monoisotopic (exact) mass is 292 g/mol. The third kappa shape index (κ3) is 3.16. The van der Waals surface area contributed by atoms with Gasteiger partial charge in [-0.1, -0.05) is 6.07 Å². The number of amides is 1. The van der Waals surface area contributed by atoms with Crippen LogP contribution in [0.4, 0.5) is 8.78 Å². The lowest BCUT2D eigenvalue weighted by molar-refractivity contribution is 0.0937. The van der Waals surface area contributed by atoms with Gasteiger partial charge in [-0.3, -0.25) is 9.59 Å². The van der Waals surface area contributed by atoms with Gasteiger partial charge in [0.2, 0.25) is 0 Å². The van der Waals surface area contributed by atoms with Gasteiger partial charge in [-0.2, -0.15) is 0 Å². The van der Waals surface area contributed by atoms with Gasteiger partial charge in [-0.25, -0.2) is 8.78 Å². The van der Waals surface area contributed by atoms with Gasteiger partial charge < -0.3 is 10.3 Å². The normalized spacial score (nSPS) is 12.0. The second kappa shape index (κ2) is 5.87. The molecule has 1 atom stereocenters. The van der Waals surface area contributed by atoms with Gasteiger partial charge in [0, 0.05) is 23.5 Å². The molecule has 2 N–H and O–H groups in total. The number of aromatic nitrogens is 1. The lowest BCUT2D eigenvalue weighted by atomic mass is 10.1. The summed E-state index contributed by atoms with van der Waals surface area (Å²) in [5.41, 5.74) is -0.187. The number of benzene rings is 1. The summed E-state index contributed by atoms with van der Waals surface area (Å²) < 4.78 is 27.3. The molecule has 0 saturated heterocycles. The molecule has 1 aromatic carbocycles. The third-order valence-electron chi connectivity index (χ3n) is 3.08. The quantitative estimate of drug-likeness (QED) is 0.912. The number of carbonyl (C=O) groups excluding carboxylic acids is 1. The smallest absolute Gasteiger partial charge is 0.257 e. The number of pyridine rings is 1. The molecule has 0 spiro atoms. The minimum Gasteiger partial charge on any atom is -0.364 e. The number of H-pyrrole nitrogens is 1. The zero-order chi connectivity index (χ0) is 15.6. The van der Waals surface area contributed by atoms with Crippen molar-refractivity contribution in [2.75, 3.05) is 0 Å². The van der Waals surface area contributed by atoms with Gasteiger partial charge >= 0.3 is 0 Å². The third-order valence-corrected chi connectivity index (χ3v) is 3.08. The lowest BCUT2D eigenvalue weighted by Gasteiger charge is -2.15. The van der Waals surface area contributed by atoms with E-state index in [0.29, 0.717) is 5.69 Å². The first-order valence-electron chi connectivity index (χ1n) is 6.34. The molecule has 0 fully saturated rings. The van der Waals surface area contributed by atoms with Crippen LogP contribution < -0.4 is 10.7 Å². The van der Waals surface area contributed by atoms with Crippen LogP contribution in [0.3, 0.4) is 0 Å². The van der Waals surface area contributed by atoms with Crippen LogP contribution in [-0.2, 0) is 0 Å². The molecule has 0 bridgehead atoms. The summed E-state index contributed by atoms with van der Waals surface area (Å²) in [5, 5.41) is 2.42. The molecule has 0 aliphatic heterocycles. The van der Waals surface area contributed by atoms with E-state index in [-0.39, 0.29) is 11.1 Å². The van der Waals surface area contributed by atoms with E-state index in [1.165, 1.54) is 25.3 Å². The molecule has 1 amide bonds. The molecule has 1 unspecified atom stereocenters. The van der Waals surface area contributed by atoms with Crippen molar-refractivity contribution >= 4 is 5.91 Å². The predicted molar refractivity (Wildman–Crippen MR) is 74.0 cm³/mol. The van der Waals surface area contributed by atoms with Crippen molar-refractivity contribution in [2.24, 2.45) is 0 Å². The van der Waals surface area contributed by atoms with Crippen LogP contribution in [0.15, 0.2) is 35.3 Å². The average molecular weight is 292 g/mol. The van der Waals surface area contributed by atoms with Crippen LogP contribution in [0.1, 0.15) is 34.6 Å². The maximum Gasteiger partial charge on any atom is 0.257 e. The van der Waals surface area contributed by atoms with E-state index in [9.17, 15) is 18.4 Å². The van der Waals surface area contributed by atoms with E-state index in [1.807, 2.05) is 0 Å². The number of halogens is 2. The van der Waals surface area contributed by atoms with Crippen LogP contribution >= 0.6 is 0 Å². The molecule has 110 valence electrons. The van der Waals surface area contributed by atoms with Crippen molar-refractivity contribution in [1.29, 1.82) is 0 Å². The van der Waals surface area contributed by atoms with Crippen molar-refractivity contribution in [3.63, 3.8) is 0 Å². The Labute approximate surface area is 119 Å². The largest absolute Gasteiger partial charge is 0.364 e. The highest BCUT2D eigenvalue weighted by atomic mass is 19.1. The Hall–Kier alpha value is -2.50. The number of carbonyl (C=O) groups is 1. The Balaban J connectivity index is 2.25. The topological polar surface area (TPSA) is 62.0 Å². The van der Waals surface area contributed by atoms with Crippen molar-refractivity contribution in [1.82, 2.24) is 10.3 Å². The first kappa shape index (κ1) is 14.9. The second-order valence-corrected chi connectivity index (χ2v) is 4.72. The molecule has 0 aliphatic rings. The predicted octanol–water partition coefficient (Wildman–Crippen LogP) is 2.45. The molecule has 6 heteroatoms. The number of hydrogen-bond acceptors (Lipinski definition) is 2. The molecule has 0 radical (unpaired) electrons. The molecule has 1 heterocycles. The van der Waals surface area contributed by atoms with Crippen LogP contribution in [0.25, 0.3) is 0 Å². The van der Waals surface area contributed by atoms with Gasteiger partial charge in [0.15, 0.2) is 5.43 Å². The molecule has 4 nitrogen and oxygen atoms in total. The van der Waals surface area contributed by atoms with E-state index in [0.717, 1.165) is 12.1 Å². The minimum atomic E-state index is -0.903. The summed E-state index contributed by atoms with van der Waals surface area (Å²) in [7, 11) is 0. The van der Waals surface area contributed by atoms with E-state index in [1.54, 1.807) is 6.92 Å². The Bertz CT molecular complexity index is 720. The van der Waals surface area contributed by atoms with E-state index in [4.69, 9.17) is 0 Å². The molecular weight excluding hydrogens is 278 g/mol. The van der Waals surface area contributed by atoms with Crippen molar-refractivity contribution in [3.05, 3.63) is 69.1 Å². The first-order valence-corrected chi connectivity index (χ1v) is 6.34. The average Bonchev–Trinajstić information content (AvgIpc) is 2.37. The van der Waals surface area contributed by atoms with Crippen LogP contribution in [-0.4, -0.2) is 10.9 Å². The highest BCUT2D eigenvalue weighted by Crippen LogP contribution is 2.20. The van der Waals surface area contributed by atoms with Gasteiger partial charge in [0.25, 0.3) is 5.91 Å². The maximum absolute atomic E-state index is 13.6. The van der Waals surface area contributed by atoms with Gasteiger partial charge in [0.05, 0.1) is 6.04 Å². The summed E-state index contributed by atoms with van der Waals surface area (Å²) in [6, 6.07) is 3.84. The Morgan fingerprint density at radius 2 is 1.90 bits per heavy atom. The Morgan fingerprint density at radius 1 is 1.29 bits per heavy atom. The zero-order valence-electron chi connectivity index (χ0n) is 11.5. The zero-order valence-corrected chi connectivity index (χ0v) is 11.5. The SMILES string of the molecule is Cc1cc(=O)c(C(=O)NC(C)c2c(F)cccc2F)c[nH]1. The van der Waals surface area contributed by atoms with E-state index < -0.39 is 29.0 Å². The van der Waals surface area contributed by atoms with Crippen molar-refractivity contribution in [2.45, 2.75) is 19.9 Å². The van der Waals surface area contributed by atoms with Gasteiger partial charge in [-0.05, 0) is 26.0 Å². The van der Waals surface area contributed by atoms with Crippen molar-refractivity contribution in [3.8, 4) is 0 Å². The number of nitrogens with one attached hydrogen (secondary N) is 2. The first-order chi connectivity index (χ1) is 9.90. The molecule has 1 aromatic heterocycles. The van der Waals surface area contributed by atoms with E-state index in [2.05, 4.69) is 10.3 Å². The number of aromatic amines is 1. The number of rotatable bonds is 3. The fourth-order valence-corrected chi connectivity index (χ4v) is 2.02. The summed E-state index contributed by atoms with van der Waals surface area (Å²) in [5.74, 6) is -2.19. The van der Waals surface area contributed by atoms with Gasteiger partial charge in [0.1, 0.15) is 17.2 Å². The second-order valence-electron chi connectivity index (χ2n) is 4.72. The minimum absolute atomic E-state index is 0.107. The molecular formula is C15H14F2N2O2. The molecule has 0 aliphatic carbocycles. The number of hydrogen-bond donors (Lipinski definition) is 2. The summed E-state index contributed by atoms with van der Waals surface area (Å²) in [6.45, 7) is 3.13. The molecule has 21 heavy (non-hydrogen) atoms. The fourth-order valence-electron chi connectivity index (χ4n) is 2.02. The fraction of sp³-hybridized carbons (Fsp3) is 0.200. The summed E-state index contributed by atoms with van der Waals surface area (Å²) >= 11 is 0. The van der Waals surface area contributed by atoms with E-state index >= 15 is 0 Å². The Morgan fingerprint density at radius 3 is 2.48 bits per heavy atom. The molecule has 2 aromatic rings. The number of aryl methyl sites for hydroxylation is 1. The molecule has 0 saturated carbocycles. The van der Waals surface area contributed by atoms with Crippen molar-refractivity contribution < 1.29 is 13.6 Å².